The van der Waals surface area contributed by atoms with E-state index < -0.39 is 0 Å². The molecule has 0 fully saturated rings. The van der Waals surface area contributed by atoms with Gasteiger partial charge in [-0.2, -0.15) is 0 Å². The van der Waals surface area contributed by atoms with Crippen molar-refractivity contribution in [3.8, 4) is 11.5 Å². The van der Waals surface area contributed by atoms with Crippen molar-refractivity contribution in [3.05, 3.63) is 59.7 Å². The van der Waals surface area contributed by atoms with Gasteiger partial charge in [0.05, 0.1) is 7.11 Å². The lowest BCUT2D eigenvalue weighted by molar-refractivity contribution is 0.302. The highest BCUT2D eigenvalue weighted by Gasteiger charge is 2.03. The van der Waals surface area contributed by atoms with Gasteiger partial charge < -0.3 is 14.8 Å². The first-order valence-corrected chi connectivity index (χ1v) is 6.88. The first-order chi connectivity index (χ1) is 9.83. The van der Waals surface area contributed by atoms with E-state index >= 15 is 0 Å². The Bertz CT molecular complexity index is 540. The van der Waals surface area contributed by atoms with Crippen molar-refractivity contribution in [1.82, 2.24) is 5.32 Å². The molecule has 0 unspecified atom stereocenters. The zero-order valence-electron chi connectivity index (χ0n) is 12.1. The molecule has 0 bridgehead atoms. The summed E-state index contributed by atoms with van der Waals surface area (Å²) in [5.74, 6) is 1.63. The summed E-state index contributed by atoms with van der Waals surface area (Å²) in [6.45, 7) is 4.50. The number of hydrogen-bond donors (Lipinski definition) is 1. The molecule has 0 aliphatic heterocycles. The number of methoxy groups -OCH3 is 1. The predicted molar refractivity (Wildman–Crippen MR) is 81.1 cm³/mol. The zero-order valence-corrected chi connectivity index (χ0v) is 12.1. The molecule has 1 N–H and O–H groups in total. The van der Waals surface area contributed by atoms with Gasteiger partial charge in [-0.3, -0.25) is 0 Å². The summed E-state index contributed by atoms with van der Waals surface area (Å²) in [4.78, 5) is 0. The molecule has 0 aliphatic carbocycles. The van der Waals surface area contributed by atoms with Crippen LogP contribution in [0.3, 0.4) is 0 Å². The van der Waals surface area contributed by atoms with Crippen LogP contribution in [0.2, 0.25) is 0 Å². The Labute approximate surface area is 120 Å². The fourth-order valence-corrected chi connectivity index (χ4v) is 1.98. The van der Waals surface area contributed by atoms with Crippen LogP contribution in [0.15, 0.2) is 48.5 Å². The van der Waals surface area contributed by atoms with Gasteiger partial charge in [-0.25, -0.2) is 0 Å². The van der Waals surface area contributed by atoms with E-state index in [-0.39, 0.29) is 0 Å². The average molecular weight is 271 g/mol. The summed E-state index contributed by atoms with van der Waals surface area (Å²) < 4.78 is 11.0. The summed E-state index contributed by atoms with van der Waals surface area (Å²) in [6.07, 6.45) is 0. The normalized spacial score (nSPS) is 10.3. The van der Waals surface area contributed by atoms with Crippen molar-refractivity contribution in [2.45, 2.75) is 20.1 Å². The molecule has 2 aromatic carbocycles. The lowest BCUT2D eigenvalue weighted by atomic mass is 10.1. The molecular formula is C17H21NO2. The fraction of sp³-hybridized carbons (Fsp3) is 0.294. The summed E-state index contributed by atoms with van der Waals surface area (Å²) in [5, 5.41) is 3.35. The summed E-state index contributed by atoms with van der Waals surface area (Å²) >= 11 is 0. The summed E-state index contributed by atoms with van der Waals surface area (Å²) in [5.41, 5.74) is 2.48. The van der Waals surface area contributed by atoms with Gasteiger partial charge in [-0.05, 0) is 29.8 Å². The molecule has 0 saturated heterocycles. The van der Waals surface area contributed by atoms with E-state index in [0.29, 0.717) is 6.61 Å². The Morgan fingerprint density at radius 2 is 1.70 bits per heavy atom. The van der Waals surface area contributed by atoms with Gasteiger partial charge in [-0.15, -0.1) is 0 Å². The van der Waals surface area contributed by atoms with Crippen molar-refractivity contribution < 1.29 is 9.47 Å². The minimum absolute atomic E-state index is 0.564. The Kier molecular flexibility index (Phi) is 5.44. The highest BCUT2D eigenvalue weighted by molar-refractivity contribution is 5.33. The Hall–Kier alpha value is -2.00. The van der Waals surface area contributed by atoms with Gasteiger partial charge >= 0.3 is 0 Å². The average Bonchev–Trinajstić information content (AvgIpc) is 2.52. The molecule has 3 heteroatoms. The second-order valence-corrected chi connectivity index (χ2v) is 4.52. The van der Waals surface area contributed by atoms with Crippen molar-refractivity contribution >= 4 is 0 Å². The van der Waals surface area contributed by atoms with Crippen LogP contribution < -0.4 is 14.8 Å². The minimum Gasteiger partial charge on any atom is -0.497 e. The molecule has 0 atom stereocenters. The third-order valence-electron chi connectivity index (χ3n) is 3.12. The van der Waals surface area contributed by atoms with Gasteiger partial charge in [0.1, 0.15) is 18.1 Å². The lowest BCUT2D eigenvalue weighted by Crippen LogP contribution is -2.13. The summed E-state index contributed by atoms with van der Waals surface area (Å²) in [7, 11) is 1.66. The molecule has 0 heterocycles. The van der Waals surface area contributed by atoms with E-state index in [1.807, 2.05) is 30.3 Å². The fourth-order valence-electron chi connectivity index (χ4n) is 1.98. The quantitative estimate of drug-likeness (QED) is 0.837. The molecule has 0 amide bonds. The Balaban J connectivity index is 2.02. The van der Waals surface area contributed by atoms with Gasteiger partial charge in [-0.1, -0.05) is 37.3 Å². The first-order valence-electron chi connectivity index (χ1n) is 6.88. The maximum absolute atomic E-state index is 5.85. The van der Waals surface area contributed by atoms with Crippen LogP contribution in [0.25, 0.3) is 0 Å². The third kappa shape index (κ3) is 4.00. The van der Waals surface area contributed by atoms with Crippen molar-refractivity contribution in [2.24, 2.45) is 0 Å². The van der Waals surface area contributed by atoms with E-state index in [1.54, 1.807) is 7.11 Å². The van der Waals surface area contributed by atoms with Crippen molar-refractivity contribution in [2.75, 3.05) is 13.7 Å². The minimum atomic E-state index is 0.564. The van der Waals surface area contributed by atoms with E-state index in [9.17, 15) is 0 Å². The molecule has 2 rings (SSSR count). The Morgan fingerprint density at radius 3 is 2.45 bits per heavy atom. The van der Waals surface area contributed by atoms with Crippen LogP contribution in [0, 0.1) is 0 Å². The predicted octanol–water partition coefficient (Wildman–Crippen LogP) is 3.38. The Morgan fingerprint density at radius 1 is 0.950 bits per heavy atom. The smallest absolute Gasteiger partial charge is 0.123 e. The maximum atomic E-state index is 5.85. The van der Waals surface area contributed by atoms with E-state index in [1.165, 1.54) is 11.1 Å². The second-order valence-electron chi connectivity index (χ2n) is 4.52. The molecule has 0 aromatic heterocycles. The van der Waals surface area contributed by atoms with Crippen LogP contribution in [0.4, 0.5) is 0 Å². The van der Waals surface area contributed by atoms with Crippen LogP contribution in [0.5, 0.6) is 11.5 Å². The molecule has 20 heavy (non-hydrogen) atoms. The largest absolute Gasteiger partial charge is 0.497 e. The molecule has 2 aromatic rings. The SMILES string of the molecule is CCNCc1ccccc1COc1cccc(OC)c1. The topological polar surface area (TPSA) is 30.5 Å². The molecule has 106 valence electrons. The number of benzene rings is 2. The standard InChI is InChI=1S/C17H21NO2/c1-3-18-12-14-7-4-5-8-15(14)13-20-17-10-6-9-16(11-17)19-2/h4-11,18H,3,12-13H2,1-2H3. The lowest BCUT2D eigenvalue weighted by Gasteiger charge is -2.12. The highest BCUT2D eigenvalue weighted by Crippen LogP contribution is 2.20. The number of nitrogens with one attached hydrogen (secondary N) is 1. The number of rotatable bonds is 7. The molecule has 0 radical (unpaired) electrons. The van der Waals surface area contributed by atoms with Crippen LogP contribution in [0.1, 0.15) is 18.1 Å². The number of hydrogen-bond acceptors (Lipinski definition) is 3. The van der Waals surface area contributed by atoms with Crippen molar-refractivity contribution in [3.63, 3.8) is 0 Å². The van der Waals surface area contributed by atoms with Crippen LogP contribution >= 0.6 is 0 Å². The highest BCUT2D eigenvalue weighted by atomic mass is 16.5. The maximum Gasteiger partial charge on any atom is 0.123 e. The molecule has 0 spiro atoms. The van der Waals surface area contributed by atoms with Crippen molar-refractivity contribution in [1.29, 1.82) is 0 Å². The monoisotopic (exact) mass is 271 g/mol. The van der Waals surface area contributed by atoms with E-state index in [4.69, 9.17) is 9.47 Å². The molecular weight excluding hydrogens is 250 g/mol. The van der Waals surface area contributed by atoms with Crippen LogP contribution in [-0.2, 0) is 13.2 Å². The van der Waals surface area contributed by atoms with Crippen LogP contribution in [-0.4, -0.2) is 13.7 Å². The third-order valence-corrected chi connectivity index (χ3v) is 3.12. The van der Waals surface area contributed by atoms with Gasteiger partial charge in [0, 0.05) is 12.6 Å². The molecule has 0 saturated carbocycles. The van der Waals surface area contributed by atoms with E-state index in [2.05, 4.69) is 30.4 Å². The molecule has 0 aliphatic rings. The zero-order chi connectivity index (χ0) is 14.2. The van der Waals surface area contributed by atoms with E-state index in [0.717, 1.165) is 24.6 Å². The first kappa shape index (κ1) is 14.4. The summed E-state index contributed by atoms with van der Waals surface area (Å²) in [6, 6.07) is 16.0. The molecule has 3 nitrogen and oxygen atoms in total. The van der Waals surface area contributed by atoms with Gasteiger partial charge in [0.15, 0.2) is 0 Å². The van der Waals surface area contributed by atoms with Gasteiger partial charge in [0.25, 0.3) is 0 Å². The number of ether oxygens (including phenoxy) is 2. The second kappa shape index (κ2) is 7.56. The van der Waals surface area contributed by atoms with Gasteiger partial charge in [0.2, 0.25) is 0 Å².